The minimum atomic E-state index is -1.61. The van der Waals surface area contributed by atoms with E-state index < -0.39 is 55.4 Å². The molecule has 60 heavy (non-hydrogen) atoms. The molecule has 10 heteroatoms. The Bertz CT molecular complexity index is 1290. The zero-order valence-corrected chi connectivity index (χ0v) is 36.9. The van der Waals surface area contributed by atoms with Crippen LogP contribution in [0.1, 0.15) is 149 Å². The summed E-state index contributed by atoms with van der Waals surface area (Å²) in [6, 6.07) is 0. The summed E-state index contributed by atoms with van der Waals surface area (Å²) in [6.07, 6.45) is 45.5. The highest BCUT2D eigenvalue weighted by atomic mass is 16.7. The average molecular weight is 841 g/mol. The number of rotatable bonds is 36. The molecule has 4 N–H and O–H groups in total. The molecule has 6 atom stereocenters. The molecule has 0 radical (unpaired) electrons. The van der Waals surface area contributed by atoms with Crippen molar-refractivity contribution < 1.29 is 49.0 Å². The molecule has 0 aromatic carbocycles. The summed E-state index contributed by atoms with van der Waals surface area (Å²) in [7, 11) is 0. The van der Waals surface area contributed by atoms with E-state index in [4.69, 9.17) is 18.9 Å². The molecular weight excluding hydrogens is 761 g/mol. The minimum absolute atomic E-state index is 0.197. The average Bonchev–Trinajstić information content (AvgIpc) is 3.25. The van der Waals surface area contributed by atoms with E-state index in [1.54, 1.807) is 0 Å². The lowest BCUT2D eigenvalue weighted by Gasteiger charge is -2.39. The fraction of sp³-hybridized carbons (Fsp3) is 0.640. The van der Waals surface area contributed by atoms with Crippen molar-refractivity contribution in [2.75, 3.05) is 19.8 Å². The van der Waals surface area contributed by atoms with Crippen molar-refractivity contribution in [1.29, 1.82) is 0 Å². The van der Waals surface area contributed by atoms with Crippen molar-refractivity contribution in [3.63, 3.8) is 0 Å². The third-order valence-corrected chi connectivity index (χ3v) is 9.78. The van der Waals surface area contributed by atoms with Gasteiger partial charge < -0.3 is 39.4 Å². The van der Waals surface area contributed by atoms with Crippen LogP contribution in [-0.2, 0) is 28.5 Å². The van der Waals surface area contributed by atoms with Crippen LogP contribution in [0.25, 0.3) is 0 Å². The first-order valence-electron chi connectivity index (χ1n) is 22.8. The van der Waals surface area contributed by atoms with Crippen LogP contribution in [-0.4, -0.2) is 89.0 Å². The summed E-state index contributed by atoms with van der Waals surface area (Å²) in [6.45, 7) is 3.12. The van der Waals surface area contributed by atoms with E-state index in [1.807, 2.05) is 18.2 Å². The highest BCUT2D eigenvalue weighted by Crippen LogP contribution is 2.22. The maximum Gasteiger partial charge on any atom is 0.306 e. The summed E-state index contributed by atoms with van der Waals surface area (Å²) in [4.78, 5) is 25.3. The van der Waals surface area contributed by atoms with Crippen LogP contribution in [0.15, 0.2) is 97.2 Å². The fourth-order valence-corrected chi connectivity index (χ4v) is 6.21. The first kappa shape index (κ1) is 54.6. The Labute approximate surface area is 362 Å². The topological polar surface area (TPSA) is 152 Å². The van der Waals surface area contributed by atoms with Gasteiger partial charge in [0.05, 0.1) is 13.2 Å². The molecule has 1 aliphatic heterocycles. The van der Waals surface area contributed by atoms with E-state index >= 15 is 0 Å². The van der Waals surface area contributed by atoms with E-state index in [9.17, 15) is 30.0 Å². The Kier molecular flexibility index (Phi) is 36.2. The molecule has 0 aromatic rings. The Morgan fingerprint density at radius 2 is 1.02 bits per heavy atom. The molecule has 0 spiro atoms. The third-order valence-electron chi connectivity index (χ3n) is 9.78. The molecule has 0 bridgehead atoms. The van der Waals surface area contributed by atoms with Gasteiger partial charge in [0, 0.05) is 12.8 Å². The number of hydrogen-bond donors (Lipinski definition) is 4. The maximum absolute atomic E-state index is 12.8. The van der Waals surface area contributed by atoms with Gasteiger partial charge >= 0.3 is 11.9 Å². The van der Waals surface area contributed by atoms with Gasteiger partial charge in [0.25, 0.3) is 0 Å². The molecular formula is C50H80O10. The Morgan fingerprint density at radius 3 is 1.58 bits per heavy atom. The van der Waals surface area contributed by atoms with Crippen LogP contribution < -0.4 is 0 Å². The van der Waals surface area contributed by atoms with Crippen molar-refractivity contribution in [2.45, 2.75) is 185 Å². The molecule has 1 aliphatic rings. The Hall–Kier alpha value is -3.38. The first-order valence-corrected chi connectivity index (χ1v) is 22.8. The molecule has 1 saturated heterocycles. The predicted molar refractivity (Wildman–Crippen MR) is 242 cm³/mol. The monoisotopic (exact) mass is 841 g/mol. The lowest BCUT2D eigenvalue weighted by molar-refractivity contribution is -0.305. The summed E-state index contributed by atoms with van der Waals surface area (Å²) in [5.41, 5.74) is 0. The molecule has 3 unspecified atom stereocenters. The summed E-state index contributed by atoms with van der Waals surface area (Å²) < 4.78 is 22.1. The molecule has 10 nitrogen and oxygen atoms in total. The number of carbonyl (C=O) groups is 2. The van der Waals surface area contributed by atoms with E-state index in [2.05, 4.69) is 92.8 Å². The highest BCUT2D eigenvalue weighted by Gasteiger charge is 2.44. The number of allylic oxidation sites excluding steroid dienone is 16. The van der Waals surface area contributed by atoms with Gasteiger partial charge in [-0.05, 0) is 77.0 Å². The lowest BCUT2D eigenvalue weighted by atomic mass is 9.99. The predicted octanol–water partition coefficient (Wildman–Crippen LogP) is 9.94. The zero-order valence-electron chi connectivity index (χ0n) is 36.9. The van der Waals surface area contributed by atoms with Crippen molar-refractivity contribution in [3.05, 3.63) is 97.2 Å². The van der Waals surface area contributed by atoms with Crippen LogP contribution >= 0.6 is 0 Å². The summed E-state index contributed by atoms with van der Waals surface area (Å²) in [5, 5.41) is 40.1. The van der Waals surface area contributed by atoms with Gasteiger partial charge in [-0.2, -0.15) is 0 Å². The number of unbranched alkanes of at least 4 members (excludes halogenated alkanes) is 11. The molecule has 0 aromatic heterocycles. The van der Waals surface area contributed by atoms with E-state index in [0.29, 0.717) is 12.8 Å². The van der Waals surface area contributed by atoms with Gasteiger partial charge in [0.2, 0.25) is 0 Å². The van der Waals surface area contributed by atoms with Crippen LogP contribution in [0.3, 0.4) is 0 Å². The molecule has 0 aliphatic carbocycles. The van der Waals surface area contributed by atoms with Gasteiger partial charge in [-0.25, -0.2) is 0 Å². The van der Waals surface area contributed by atoms with Gasteiger partial charge in [0.15, 0.2) is 12.4 Å². The standard InChI is InChI=1S/C50H80O10/c1-3-5-7-9-11-13-15-17-18-19-20-21-22-23-24-25-27-28-30-32-34-36-38-45(52)57-41-43(42-58-50-49(56)48(55)47(54)44(40-51)60-50)59-46(53)39-37-35-33-31-29-26-16-14-12-10-8-6-4-2/h5-8,10-14,16-18,20-21,23-24,43-44,47-51,54-56H,3-4,9,15,19,22,25-42H2,1-2H3/b7-5+,8-6+,12-10+,13-11+,16-14+,18-17+,21-20+,24-23+/t43?,44-,47+,48?,49?,50-/m0/s1. The highest BCUT2D eigenvalue weighted by molar-refractivity contribution is 5.70. The van der Waals surface area contributed by atoms with Crippen molar-refractivity contribution in [1.82, 2.24) is 0 Å². The largest absolute Gasteiger partial charge is 0.462 e. The Morgan fingerprint density at radius 1 is 0.533 bits per heavy atom. The van der Waals surface area contributed by atoms with Gasteiger partial charge in [-0.3, -0.25) is 9.59 Å². The molecule has 340 valence electrons. The van der Waals surface area contributed by atoms with Crippen molar-refractivity contribution in [2.24, 2.45) is 0 Å². The second kappa shape index (κ2) is 39.7. The van der Waals surface area contributed by atoms with Crippen molar-refractivity contribution >= 4 is 11.9 Å². The van der Waals surface area contributed by atoms with Crippen LogP contribution in [0.2, 0.25) is 0 Å². The second-order valence-corrected chi connectivity index (χ2v) is 15.1. The second-order valence-electron chi connectivity index (χ2n) is 15.1. The number of ether oxygens (including phenoxy) is 4. The molecule has 0 saturated carbocycles. The number of esters is 2. The molecule has 0 amide bonds. The van der Waals surface area contributed by atoms with Gasteiger partial charge in [-0.1, -0.05) is 156 Å². The van der Waals surface area contributed by atoms with Gasteiger partial charge in [0.1, 0.15) is 31.0 Å². The van der Waals surface area contributed by atoms with E-state index in [0.717, 1.165) is 109 Å². The first-order chi connectivity index (χ1) is 29.3. The van der Waals surface area contributed by atoms with Crippen LogP contribution in [0.4, 0.5) is 0 Å². The van der Waals surface area contributed by atoms with Gasteiger partial charge in [-0.15, -0.1) is 0 Å². The van der Waals surface area contributed by atoms with E-state index in [1.165, 1.54) is 0 Å². The van der Waals surface area contributed by atoms with Crippen molar-refractivity contribution in [3.8, 4) is 0 Å². The summed E-state index contributed by atoms with van der Waals surface area (Å²) >= 11 is 0. The number of hydrogen-bond acceptors (Lipinski definition) is 10. The fourth-order valence-electron chi connectivity index (χ4n) is 6.21. The SMILES string of the molecule is CC/C=C/C=C/C=C/CCCCCCCC(=O)OC(COC(=O)CCCCCCCC/C=C/C/C=C/C/C=C/C/C=C/C/C=C/CC)CO[C@H]1O[C@@H](CO)[C@@H](O)C(O)C1O. The number of aliphatic hydroxyl groups is 4. The molecule has 1 fully saturated rings. The lowest BCUT2D eigenvalue weighted by Crippen LogP contribution is -2.59. The molecule has 1 rings (SSSR count). The number of aliphatic hydroxyl groups excluding tert-OH is 4. The zero-order chi connectivity index (χ0) is 43.7. The quantitative estimate of drug-likeness (QED) is 0.0208. The smallest absolute Gasteiger partial charge is 0.306 e. The van der Waals surface area contributed by atoms with E-state index in [-0.39, 0.29) is 26.1 Å². The number of carbonyl (C=O) groups excluding carboxylic acids is 2. The van der Waals surface area contributed by atoms with Crippen LogP contribution in [0, 0.1) is 0 Å². The normalized spacial score (nSPS) is 20.8. The minimum Gasteiger partial charge on any atom is -0.462 e. The third kappa shape index (κ3) is 30.6. The molecule has 1 heterocycles. The summed E-state index contributed by atoms with van der Waals surface area (Å²) in [5.74, 6) is -0.858. The maximum atomic E-state index is 12.8. The van der Waals surface area contributed by atoms with Crippen LogP contribution in [0.5, 0.6) is 0 Å². The Balaban J connectivity index is 2.32.